The van der Waals surface area contributed by atoms with Crippen LogP contribution < -0.4 is 0 Å². The van der Waals surface area contributed by atoms with Crippen molar-refractivity contribution >= 4 is 5.91 Å². The number of hydrogen-bond donors (Lipinski definition) is 0. The number of amides is 1. The molecule has 3 heteroatoms. The van der Waals surface area contributed by atoms with Crippen molar-refractivity contribution < 1.29 is 9.53 Å². The minimum atomic E-state index is -0.0920. The molecule has 0 bridgehead atoms. The van der Waals surface area contributed by atoms with Crippen LogP contribution in [0.2, 0.25) is 0 Å². The Morgan fingerprint density at radius 3 is 2.36 bits per heavy atom. The van der Waals surface area contributed by atoms with Crippen LogP contribution in [-0.2, 0) is 9.53 Å². The second-order valence-corrected chi connectivity index (χ2v) is 4.73. The molecule has 0 N–H and O–H groups in total. The van der Waals surface area contributed by atoms with Crippen molar-refractivity contribution in [3.05, 3.63) is 0 Å². The summed E-state index contributed by atoms with van der Waals surface area (Å²) in [5.74, 6) is 1.77. The molecule has 0 aromatic carbocycles. The first-order valence-electron chi connectivity index (χ1n) is 5.59. The molecule has 80 valence electrons. The molecule has 1 atom stereocenters. The molecule has 0 spiro atoms. The molecule has 0 aromatic rings. The summed E-state index contributed by atoms with van der Waals surface area (Å²) < 4.78 is 5.01. The van der Waals surface area contributed by atoms with E-state index in [0.717, 1.165) is 37.8 Å². The number of nitrogens with zero attached hydrogens (tertiary/aromatic N) is 1. The highest BCUT2D eigenvalue weighted by molar-refractivity contribution is 5.83. The van der Waals surface area contributed by atoms with Crippen LogP contribution in [-0.4, -0.2) is 36.6 Å². The maximum absolute atomic E-state index is 11.6. The predicted octanol–water partition coefficient (Wildman–Crippen LogP) is 1.28. The van der Waals surface area contributed by atoms with Crippen LogP contribution in [0.25, 0.3) is 0 Å². The molecule has 2 saturated heterocycles. The number of epoxide rings is 1. The summed E-state index contributed by atoms with van der Waals surface area (Å²) in [6.07, 6.45) is 2.23. The van der Waals surface area contributed by atoms with E-state index in [1.165, 1.54) is 0 Å². The van der Waals surface area contributed by atoms with Gasteiger partial charge >= 0.3 is 0 Å². The maximum atomic E-state index is 11.6. The SMILES string of the molecule is CC(C)C1CCN(C(=O)C2CO2)CC1. The van der Waals surface area contributed by atoms with E-state index in [0.29, 0.717) is 6.61 Å². The summed E-state index contributed by atoms with van der Waals surface area (Å²) in [6.45, 7) is 7.05. The molecule has 3 nitrogen and oxygen atoms in total. The van der Waals surface area contributed by atoms with Crippen LogP contribution in [0.4, 0.5) is 0 Å². The molecule has 0 aromatic heterocycles. The molecule has 1 unspecified atom stereocenters. The zero-order valence-electron chi connectivity index (χ0n) is 9.03. The Labute approximate surface area is 85.4 Å². The van der Waals surface area contributed by atoms with Crippen LogP contribution in [0.5, 0.6) is 0 Å². The van der Waals surface area contributed by atoms with Gasteiger partial charge in [-0.25, -0.2) is 0 Å². The molecule has 2 aliphatic heterocycles. The molecule has 2 heterocycles. The third kappa shape index (κ3) is 2.08. The summed E-state index contributed by atoms with van der Waals surface area (Å²) in [4.78, 5) is 13.6. The van der Waals surface area contributed by atoms with Gasteiger partial charge in [0.1, 0.15) is 0 Å². The first-order chi connectivity index (χ1) is 6.68. The van der Waals surface area contributed by atoms with E-state index in [1.54, 1.807) is 0 Å². The molecule has 1 amide bonds. The highest BCUT2D eigenvalue weighted by Gasteiger charge is 2.36. The average molecular weight is 197 g/mol. The number of carbonyl (C=O) groups excluding carboxylic acids is 1. The van der Waals surface area contributed by atoms with E-state index >= 15 is 0 Å². The van der Waals surface area contributed by atoms with Crippen LogP contribution in [0.15, 0.2) is 0 Å². The Bertz CT molecular complexity index is 215. The molecule has 2 rings (SSSR count). The summed E-state index contributed by atoms with van der Waals surface area (Å²) in [5, 5.41) is 0. The van der Waals surface area contributed by atoms with Gasteiger partial charge in [-0.15, -0.1) is 0 Å². The zero-order chi connectivity index (χ0) is 10.1. The fourth-order valence-electron chi connectivity index (χ4n) is 2.18. The van der Waals surface area contributed by atoms with E-state index in [9.17, 15) is 4.79 Å². The van der Waals surface area contributed by atoms with Crippen LogP contribution in [0.3, 0.4) is 0 Å². The summed E-state index contributed by atoms with van der Waals surface area (Å²) >= 11 is 0. The quantitative estimate of drug-likeness (QED) is 0.625. The van der Waals surface area contributed by atoms with Crippen molar-refractivity contribution in [3.63, 3.8) is 0 Å². The predicted molar refractivity (Wildman–Crippen MR) is 53.9 cm³/mol. The third-order valence-electron chi connectivity index (χ3n) is 3.40. The van der Waals surface area contributed by atoms with Crippen LogP contribution in [0, 0.1) is 11.8 Å². The minimum absolute atomic E-state index is 0.0920. The van der Waals surface area contributed by atoms with Gasteiger partial charge in [0, 0.05) is 13.1 Å². The summed E-state index contributed by atoms with van der Waals surface area (Å²) in [6, 6.07) is 0. The van der Waals surface area contributed by atoms with Gasteiger partial charge in [0.15, 0.2) is 6.10 Å². The minimum Gasteiger partial charge on any atom is -0.363 e. The van der Waals surface area contributed by atoms with E-state index in [2.05, 4.69) is 13.8 Å². The number of hydrogen-bond acceptors (Lipinski definition) is 2. The molecular weight excluding hydrogens is 178 g/mol. The maximum Gasteiger partial charge on any atom is 0.254 e. The number of ether oxygens (including phenoxy) is 1. The highest BCUT2D eigenvalue weighted by Crippen LogP contribution is 2.25. The Hall–Kier alpha value is -0.570. The molecule has 0 radical (unpaired) electrons. The molecule has 0 saturated carbocycles. The van der Waals surface area contributed by atoms with Crippen molar-refractivity contribution in [3.8, 4) is 0 Å². The first-order valence-corrected chi connectivity index (χ1v) is 5.59. The molecule has 0 aliphatic carbocycles. The van der Waals surface area contributed by atoms with Crippen molar-refractivity contribution in [2.45, 2.75) is 32.8 Å². The van der Waals surface area contributed by atoms with Gasteiger partial charge in [0.25, 0.3) is 5.91 Å². The number of rotatable bonds is 2. The standard InChI is InChI=1S/C11H19NO2/c1-8(2)9-3-5-12(6-4-9)11(13)10-7-14-10/h8-10H,3-7H2,1-2H3. The zero-order valence-corrected chi connectivity index (χ0v) is 9.03. The topological polar surface area (TPSA) is 32.8 Å². The number of carbonyl (C=O) groups is 1. The van der Waals surface area contributed by atoms with E-state index in [4.69, 9.17) is 4.74 Å². The monoisotopic (exact) mass is 197 g/mol. The van der Waals surface area contributed by atoms with Gasteiger partial charge in [-0.05, 0) is 24.7 Å². The van der Waals surface area contributed by atoms with E-state index in [1.807, 2.05) is 4.90 Å². The Kier molecular flexibility index (Phi) is 2.77. The smallest absolute Gasteiger partial charge is 0.254 e. The van der Waals surface area contributed by atoms with E-state index in [-0.39, 0.29) is 12.0 Å². The Balaban J connectivity index is 1.80. The van der Waals surface area contributed by atoms with Gasteiger partial charge in [0.05, 0.1) is 6.61 Å². The lowest BCUT2D eigenvalue weighted by Crippen LogP contribution is -2.41. The fraction of sp³-hybridized carbons (Fsp3) is 0.909. The second kappa shape index (κ2) is 3.89. The lowest BCUT2D eigenvalue weighted by Gasteiger charge is -2.33. The molecule has 14 heavy (non-hydrogen) atoms. The van der Waals surface area contributed by atoms with E-state index < -0.39 is 0 Å². The summed E-state index contributed by atoms with van der Waals surface area (Å²) in [5.41, 5.74) is 0. The fourth-order valence-corrected chi connectivity index (χ4v) is 2.18. The van der Waals surface area contributed by atoms with Gasteiger partial charge in [-0.2, -0.15) is 0 Å². The van der Waals surface area contributed by atoms with Crippen molar-refractivity contribution in [2.75, 3.05) is 19.7 Å². The number of likely N-dealkylation sites (tertiary alicyclic amines) is 1. The van der Waals surface area contributed by atoms with Crippen molar-refractivity contribution in [1.29, 1.82) is 0 Å². The Morgan fingerprint density at radius 1 is 1.36 bits per heavy atom. The largest absolute Gasteiger partial charge is 0.363 e. The van der Waals surface area contributed by atoms with Gasteiger partial charge in [-0.1, -0.05) is 13.8 Å². The third-order valence-corrected chi connectivity index (χ3v) is 3.40. The normalized spacial score (nSPS) is 28.2. The first kappa shape index (κ1) is 9.97. The van der Waals surface area contributed by atoms with Crippen molar-refractivity contribution in [1.82, 2.24) is 4.90 Å². The Morgan fingerprint density at radius 2 is 1.93 bits per heavy atom. The second-order valence-electron chi connectivity index (χ2n) is 4.73. The lowest BCUT2D eigenvalue weighted by atomic mass is 9.86. The van der Waals surface area contributed by atoms with Crippen LogP contribution in [0.1, 0.15) is 26.7 Å². The van der Waals surface area contributed by atoms with Gasteiger partial charge < -0.3 is 9.64 Å². The summed E-state index contributed by atoms with van der Waals surface area (Å²) in [7, 11) is 0. The van der Waals surface area contributed by atoms with Crippen LogP contribution >= 0.6 is 0 Å². The average Bonchev–Trinajstić information content (AvgIpc) is 3.00. The van der Waals surface area contributed by atoms with Gasteiger partial charge in [0.2, 0.25) is 0 Å². The van der Waals surface area contributed by atoms with Crippen molar-refractivity contribution in [2.24, 2.45) is 11.8 Å². The molecule has 2 aliphatic rings. The molecular formula is C11H19NO2. The molecule has 2 fully saturated rings. The highest BCUT2D eigenvalue weighted by atomic mass is 16.6. The lowest BCUT2D eigenvalue weighted by molar-refractivity contribution is -0.134. The van der Waals surface area contributed by atoms with Gasteiger partial charge in [-0.3, -0.25) is 4.79 Å². The number of piperidine rings is 1.